The molecule has 2 N–H and O–H groups in total. The van der Waals surface area contributed by atoms with E-state index in [1.54, 1.807) is 12.1 Å². The van der Waals surface area contributed by atoms with Crippen LogP contribution in [-0.2, 0) is 6.42 Å². The highest BCUT2D eigenvalue weighted by molar-refractivity contribution is 6.10. The molecular weight excluding hydrogens is 295 g/mol. The summed E-state index contributed by atoms with van der Waals surface area (Å²) in [6.45, 7) is 0.530. The summed E-state index contributed by atoms with van der Waals surface area (Å²) in [5, 5.41) is 3.76. The summed E-state index contributed by atoms with van der Waals surface area (Å²) in [4.78, 5) is 26.2. The number of rotatable bonds is 2. The molecule has 0 bridgehead atoms. The van der Waals surface area contributed by atoms with Crippen molar-refractivity contribution in [1.82, 2.24) is 10.3 Å². The average molecular weight is 308 g/mol. The lowest BCUT2D eigenvalue weighted by atomic mass is 10.00. The predicted octanol–water partition coefficient (Wildman–Crippen LogP) is 3.07. The van der Waals surface area contributed by atoms with E-state index < -0.39 is 5.82 Å². The summed E-state index contributed by atoms with van der Waals surface area (Å²) in [5.41, 5.74) is 3.97. The summed E-state index contributed by atoms with van der Waals surface area (Å²) >= 11 is 0. The maximum atomic E-state index is 14.0. The van der Waals surface area contributed by atoms with E-state index in [1.165, 1.54) is 12.1 Å². The Kier molecular flexibility index (Phi) is 3.01. The van der Waals surface area contributed by atoms with E-state index in [1.807, 2.05) is 12.1 Å². The molecule has 2 heterocycles. The lowest BCUT2D eigenvalue weighted by Crippen LogP contribution is -2.23. The Bertz CT molecular complexity index is 959. The molecule has 0 unspecified atom stereocenters. The van der Waals surface area contributed by atoms with Crippen molar-refractivity contribution < 1.29 is 14.0 Å². The molecule has 1 aromatic heterocycles. The van der Waals surface area contributed by atoms with E-state index in [0.717, 1.165) is 22.2 Å². The number of aldehydes is 1. The Morgan fingerprint density at radius 2 is 2.04 bits per heavy atom. The number of benzene rings is 2. The van der Waals surface area contributed by atoms with Crippen LogP contribution in [0, 0.1) is 5.82 Å². The molecule has 0 spiro atoms. The molecular formula is C18H13FN2O2. The van der Waals surface area contributed by atoms with Crippen LogP contribution >= 0.6 is 0 Å². The molecule has 1 aliphatic rings. The van der Waals surface area contributed by atoms with Gasteiger partial charge in [-0.05, 0) is 36.2 Å². The number of hydrogen-bond acceptors (Lipinski definition) is 2. The standard InChI is InChI=1S/C18H13FN2O2/c19-14-8-10(4-5-11(14)9-22)17-12-6-7-20-18(23)13-2-1-3-15(21-17)16(12)13/h1-5,8-9,21H,6-7H2,(H,20,23). The normalized spacial score (nSPS) is 13.7. The van der Waals surface area contributed by atoms with Crippen molar-refractivity contribution in [2.24, 2.45) is 0 Å². The van der Waals surface area contributed by atoms with Crippen LogP contribution in [0.25, 0.3) is 22.2 Å². The second-order valence-electron chi connectivity index (χ2n) is 5.57. The monoisotopic (exact) mass is 308 g/mol. The largest absolute Gasteiger partial charge is 0.354 e. The molecule has 0 fully saturated rings. The number of aromatic nitrogens is 1. The number of hydrogen-bond donors (Lipinski definition) is 2. The van der Waals surface area contributed by atoms with E-state index in [2.05, 4.69) is 10.3 Å². The smallest absolute Gasteiger partial charge is 0.251 e. The molecule has 0 saturated heterocycles. The molecule has 23 heavy (non-hydrogen) atoms. The first kappa shape index (κ1) is 13.7. The number of carbonyl (C=O) groups excluding carboxylic acids is 2. The molecule has 4 nitrogen and oxygen atoms in total. The van der Waals surface area contributed by atoms with Gasteiger partial charge >= 0.3 is 0 Å². The quantitative estimate of drug-likeness (QED) is 0.715. The van der Waals surface area contributed by atoms with Gasteiger partial charge in [-0.15, -0.1) is 0 Å². The van der Waals surface area contributed by atoms with E-state index in [4.69, 9.17) is 0 Å². The molecule has 0 radical (unpaired) electrons. The lowest BCUT2D eigenvalue weighted by molar-refractivity contribution is 0.0957. The number of carbonyl (C=O) groups is 2. The summed E-state index contributed by atoms with van der Waals surface area (Å²) in [5.74, 6) is -0.645. The van der Waals surface area contributed by atoms with Crippen LogP contribution in [-0.4, -0.2) is 23.7 Å². The fraction of sp³-hybridized carbons (Fsp3) is 0.111. The van der Waals surface area contributed by atoms with Crippen molar-refractivity contribution in [1.29, 1.82) is 0 Å². The zero-order valence-electron chi connectivity index (χ0n) is 12.2. The first-order valence-electron chi connectivity index (χ1n) is 7.36. The Morgan fingerprint density at radius 1 is 1.17 bits per heavy atom. The number of halogens is 1. The summed E-state index contributed by atoms with van der Waals surface area (Å²) in [6.07, 6.45) is 1.16. The zero-order valence-corrected chi connectivity index (χ0v) is 12.2. The fourth-order valence-electron chi connectivity index (χ4n) is 3.18. The molecule has 4 rings (SSSR count). The Labute approximate surface area is 131 Å². The minimum Gasteiger partial charge on any atom is -0.354 e. The molecule has 3 aromatic rings. The molecule has 0 saturated carbocycles. The average Bonchev–Trinajstić information content (AvgIpc) is 2.84. The highest BCUT2D eigenvalue weighted by atomic mass is 19.1. The maximum absolute atomic E-state index is 14.0. The van der Waals surface area contributed by atoms with Crippen molar-refractivity contribution in [3.8, 4) is 11.3 Å². The van der Waals surface area contributed by atoms with Crippen LogP contribution in [0.4, 0.5) is 4.39 Å². The van der Waals surface area contributed by atoms with E-state index >= 15 is 0 Å². The van der Waals surface area contributed by atoms with Crippen molar-refractivity contribution in [2.75, 3.05) is 6.54 Å². The number of aromatic amines is 1. The second-order valence-corrected chi connectivity index (χ2v) is 5.57. The third-order valence-corrected chi connectivity index (χ3v) is 4.25. The minimum atomic E-state index is -0.550. The second kappa shape index (κ2) is 5.05. The van der Waals surface area contributed by atoms with Gasteiger partial charge in [0.05, 0.1) is 5.56 Å². The van der Waals surface area contributed by atoms with Gasteiger partial charge in [0.2, 0.25) is 0 Å². The molecule has 2 aromatic carbocycles. The Morgan fingerprint density at radius 3 is 2.83 bits per heavy atom. The summed E-state index contributed by atoms with van der Waals surface area (Å²) in [6, 6.07) is 10.1. The Hall–Kier alpha value is -2.95. The van der Waals surface area contributed by atoms with Gasteiger partial charge in [0.15, 0.2) is 6.29 Å². The maximum Gasteiger partial charge on any atom is 0.251 e. The lowest BCUT2D eigenvalue weighted by Gasteiger charge is -2.05. The highest BCUT2D eigenvalue weighted by Gasteiger charge is 2.22. The summed E-state index contributed by atoms with van der Waals surface area (Å²) < 4.78 is 14.0. The van der Waals surface area contributed by atoms with E-state index in [-0.39, 0.29) is 11.5 Å². The Balaban J connectivity index is 1.99. The van der Waals surface area contributed by atoms with E-state index in [0.29, 0.717) is 30.4 Å². The van der Waals surface area contributed by atoms with Crippen LogP contribution in [0.15, 0.2) is 36.4 Å². The molecule has 1 aliphatic heterocycles. The van der Waals surface area contributed by atoms with Crippen LogP contribution in [0.5, 0.6) is 0 Å². The van der Waals surface area contributed by atoms with Crippen LogP contribution in [0.1, 0.15) is 26.3 Å². The number of H-pyrrole nitrogens is 1. The molecule has 5 heteroatoms. The van der Waals surface area contributed by atoms with Crippen molar-refractivity contribution in [3.63, 3.8) is 0 Å². The molecule has 1 amide bonds. The zero-order chi connectivity index (χ0) is 16.0. The fourth-order valence-corrected chi connectivity index (χ4v) is 3.18. The van der Waals surface area contributed by atoms with Crippen molar-refractivity contribution in [3.05, 3.63) is 58.9 Å². The predicted molar refractivity (Wildman–Crippen MR) is 85.1 cm³/mol. The van der Waals surface area contributed by atoms with Crippen molar-refractivity contribution >= 4 is 23.1 Å². The van der Waals surface area contributed by atoms with Crippen LogP contribution in [0.2, 0.25) is 0 Å². The first-order valence-corrected chi connectivity index (χ1v) is 7.36. The molecule has 114 valence electrons. The van der Waals surface area contributed by atoms with Gasteiger partial charge in [-0.3, -0.25) is 9.59 Å². The van der Waals surface area contributed by atoms with Crippen LogP contribution < -0.4 is 5.32 Å². The topological polar surface area (TPSA) is 62.0 Å². The van der Waals surface area contributed by atoms with Crippen molar-refractivity contribution in [2.45, 2.75) is 6.42 Å². The SMILES string of the molecule is O=Cc1ccc(-c2[nH]c3cccc4c3c2CCNC4=O)cc1F. The molecule has 0 atom stereocenters. The van der Waals surface area contributed by atoms with Gasteiger partial charge in [0, 0.05) is 34.3 Å². The van der Waals surface area contributed by atoms with Gasteiger partial charge in [0.25, 0.3) is 5.91 Å². The number of amides is 1. The van der Waals surface area contributed by atoms with Gasteiger partial charge in [-0.25, -0.2) is 4.39 Å². The van der Waals surface area contributed by atoms with Gasteiger partial charge in [-0.1, -0.05) is 12.1 Å². The summed E-state index contributed by atoms with van der Waals surface area (Å²) in [7, 11) is 0. The highest BCUT2D eigenvalue weighted by Crippen LogP contribution is 2.34. The minimum absolute atomic E-state index is 0.0354. The third kappa shape index (κ3) is 2.04. The molecule has 0 aliphatic carbocycles. The number of nitrogens with one attached hydrogen (secondary N) is 2. The van der Waals surface area contributed by atoms with Crippen LogP contribution in [0.3, 0.4) is 0 Å². The first-order chi connectivity index (χ1) is 11.2. The van der Waals surface area contributed by atoms with Gasteiger partial charge in [-0.2, -0.15) is 0 Å². The third-order valence-electron chi connectivity index (χ3n) is 4.25. The van der Waals surface area contributed by atoms with Gasteiger partial charge < -0.3 is 10.3 Å². The van der Waals surface area contributed by atoms with E-state index in [9.17, 15) is 14.0 Å². The van der Waals surface area contributed by atoms with Gasteiger partial charge in [0.1, 0.15) is 5.82 Å².